The molecule has 1 amide bonds. The molecule has 9 heteroatoms. The lowest BCUT2D eigenvalue weighted by molar-refractivity contribution is -0.870. The van der Waals surface area contributed by atoms with Gasteiger partial charge in [-0.1, -0.05) is 361 Å². The first kappa shape index (κ1) is 86.2. The summed E-state index contributed by atoms with van der Waals surface area (Å²) in [6, 6.07) is -0.896. The summed E-state index contributed by atoms with van der Waals surface area (Å²) in [6.07, 6.45) is 102. The average Bonchev–Trinajstić information content (AvgIpc) is 3.57. The predicted octanol–water partition coefficient (Wildman–Crippen LogP) is 24.0. The predicted molar refractivity (Wildman–Crippen MR) is 389 cm³/mol. The molecular formula is C80H145N2O6P. The summed E-state index contributed by atoms with van der Waals surface area (Å²) < 4.78 is 23.5. The molecule has 0 aliphatic carbocycles. The highest BCUT2D eigenvalue weighted by Crippen LogP contribution is 2.38. The first-order chi connectivity index (χ1) is 43.5. The second-order valence-electron chi connectivity index (χ2n) is 26.6. The molecular weight excluding hydrogens is 1120 g/mol. The highest BCUT2D eigenvalue weighted by molar-refractivity contribution is 7.45. The number of phosphoric acid groups is 1. The van der Waals surface area contributed by atoms with E-state index in [1.54, 1.807) is 6.08 Å². The Bertz CT molecular complexity index is 1820. The van der Waals surface area contributed by atoms with E-state index in [0.717, 1.165) is 89.9 Å². The Kier molecular flexibility index (Phi) is 67.3. The van der Waals surface area contributed by atoms with Gasteiger partial charge in [0.25, 0.3) is 7.82 Å². The third-order valence-electron chi connectivity index (χ3n) is 16.7. The van der Waals surface area contributed by atoms with Gasteiger partial charge in [-0.25, -0.2) is 0 Å². The zero-order valence-electron chi connectivity index (χ0n) is 59.1. The van der Waals surface area contributed by atoms with Crippen molar-refractivity contribution in [1.82, 2.24) is 5.32 Å². The molecule has 0 radical (unpaired) electrons. The number of phosphoric ester groups is 1. The maximum Gasteiger partial charge on any atom is 0.268 e. The molecule has 2 N–H and O–H groups in total. The third-order valence-corrected chi connectivity index (χ3v) is 17.7. The number of allylic oxidation sites excluding steroid dienone is 17. The van der Waals surface area contributed by atoms with Gasteiger partial charge in [0.2, 0.25) is 5.91 Å². The largest absolute Gasteiger partial charge is 0.756 e. The van der Waals surface area contributed by atoms with Crippen LogP contribution in [0.25, 0.3) is 0 Å². The maximum atomic E-state index is 13.1. The van der Waals surface area contributed by atoms with E-state index in [2.05, 4.69) is 116 Å². The molecule has 0 saturated carbocycles. The van der Waals surface area contributed by atoms with Gasteiger partial charge >= 0.3 is 0 Å². The van der Waals surface area contributed by atoms with Crippen molar-refractivity contribution in [3.8, 4) is 0 Å². The second kappa shape index (κ2) is 69.5. The van der Waals surface area contributed by atoms with Crippen molar-refractivity contribution in [2.75, 3.05) is 40.9 Å². The molecule has 0 bridgehead atoms. The van der Waals surface area contributed by atoms with Crippen LogP contribution in [-0.4, -0.2) is 68.5 Å². The van der Waals surface area contributed by atoms with Crippen LogP contribution in [0, 0.1) is 0 Å². The van der Waals surface area contributed by atoms with E-state index in [0.29, 0.717) is 17.4 Å². The average molecular weight is 1260 g/mol. The summed E-state index contributed by atoms with van der Waals surface area (Å²) in [4.78, 5) is 25.7. The lowest BCUT2D eigenvalue weighted by atomic mass is 10.0. The molecule has 0 aliphatic rings. The molecule has 516 valence electrons. The van der Waals surface area contributed by atoms with E-state index in [-0.39, 0.29) is 19.1 Å². The van der Waals surface area contributed by atoms with Gasteiger partial charge in [0.05, 0.1) is 39.9 Å². The lowest BCUT2D eigenvalue weighted by Gasteiger charge is -2.29. The molecule has 0 aromatic rings. The van der Waals surface area contributed by atoms with Gasteiger partial charge in [-0.2, -0.15) is 0 Å². The molecule has 0 aromatic carbocycles. The first-order valence-electron chi connectivity index (χ1n) is 37.7. The molecule has 0 heterocycles. The van der Waals surface area contributed by atoms with Crippen LogP contribution in [-0.2, 0) is 18.4 Å². The fourth-order valence-electron chi connectivity index (χ4n) is 10.9. The Labute approximate surface area is 552 Å². The molecule has 0 rings (SSSR count). The summed E-state index contributed by atoms with van der Waals surface area (Å²) in [7, 11) is 1.26. The molecule has 89 heavy (non-hydrogen) atoms. The Morgan fingerprint density at radius 1 is 0.404 bits per heavy atom. The number of carbonyl (C=O) groups is 1. The van der Waals surface area contributed by atoms with Crippen LogP contribution in [0.2, 0.25) is 0 Å². The van der Waals surface area contributed by atoms with E-state index in [9.17, 15) is 19.4 Å². The van der Waals surface area contributed by atoms with Crippen LogP contribution in [0.4, 0.5) is 0 Å². The van der Waals surface area contributed by atoms with E-state index >= 15 is 0 Å². The van der Waals surface area contributed by atoms with Gasteiger partial charge in [-0.3, -0.25) is 9.36 Å². The molecule has 0 saturated heterocycles. The highest BCUT2D eigenvalue weighted by Gasteiger charge is 2.23. The fraction of sp³-hybridized carbons (Fsp3) is 0.762. The van der Waals surface area contributed by atoms with E-state index in [4.69, 9.17) is 9.05 Å². The van der Waals surface area contributed by atoms with Gasteiger partial charge in [-0.05, 0) is 83.5 Å². The van der Waals surface area contributed by atoms with Gasteiger partial charge in [0.15, 0.2) is 0 Å². The van der Waals surface area contributed by atoms with Crippen molar-refractivity contribution in [2.24, 2.45) is 0 Å². The summed E-state index contributed by atoms with van der Waals surface area (Å²) in [5.41, 5.74) is 0. The Hall–Kier alpha value is -2.84. The van der Waals surface area contributed by atoms with Crippen LogP contribution < -0.4 is 10.2 Å². The minimum atomic E-state index is -4.61. The Balaban J connectivity index is 4.07. The lowest BCUT2D eigenvalue weighted by Crippen LogP contribution is -2.45. The minimum Gasteiger partial charge on any atom is -0.756 e. The number of nitrogens with zero attached hydrogens (tertiary/aromatic N) is 1. The number of unbranched alkanes of at least 4 members (excludes halogenated alkanes) is 40. The van der Waals surface area contributed by atoms with Crippen molar-refractivity contribution in [3.05, 3.63) is 109 Å². The van der Waals surface area contributed by atoms with Gasteiger partial charge in [-0.15, -0.1) is 0 Å². The normalized spacial score (nSPS) is 14.2. The van der Waals surface area contributed by atoms with Crippen LogP contribution >= 0.6 is 7.82 Å². The van der Waals surface area contributed by atoms with E-state index in [1.165, 1.54) is 231 Å². The van der Waals surface area contributed by atoms with Crippen LogP contribution in [0.5, 0.6) is 0 Å². The number of aliphatic hydroxyl groups is 1. The van der Waals surface area contributed by atoms with Crippen molar-refractivity contribution < 1.29 is 32.9 Å². The van der Waals surface area contributed by atoms with Crippen LogP contribution in [0.1, 0.15) is 341 Å². The molecule has 0 fully saturated rings. The number of amides is 1. The molecule has 3 atom stereocenters. The van der Waals surface area contributed by atoms with Crippen LogP contribution in [0.3, 0.4) is 0 Å². The molecule has 0 aromatic heterocycles. The molecule has 3 unspecified atom stereocenters. The topological polar surface area (TPSA) is 108 Å². The van der Waals surface area contributed by atoms with Crippen LogP contribution in [0.15, 0.2) is 109 Å². The number of nitrogens with one attached hydrogen (secondary N) is 1. The minimum absolute atomic E-state index is 0.00472. The monoisotopic (exact) mass is 1260 g/mol. The second-order valence-corrected chi connectivity index (χ2v) is 28.0. The number of hydrogen-bond acceptors (Lipinski definition) is 6. The number of likely N-dealkylation sites (N-methyl/N-ethyl adjacent to an activating group) is 1. The Morgan fingerprint density at radius 2 is 0.685 bits per heavy atom. The highest BCUT2D eigenvalue weighted by atomic mass is 31.2. The SMILES string of the molecule is CC/C=C\C/C=C\C/C=C\C/C=C\C/C=C\C/C=C\C/C=C\C/C=C\CCCCCCCCCCCCCCC(=O)NC(COP(=O)([O-])OCC[N+](C)(C)C)C(O)/C=C/CCCCCCCCCCCCCCCCCCCCCCCCCCCCCC. The Morgan fingerprint density at radius 3 is 1.00 bits per heavy atom. The van der Waals surface area contributed by atoms with Crippen molar-refractivity contribution >= 4 is 13.7 Å². The molecule has 0 aliphatic heterocycles. The zero-order chi connectivity index (χ0) is 64.8. The maximum absolute atomic E-state index is 13.1. The van der Waals surface area contributed by atoms with E-state index in [1.807, 2.05) is 27.2 Å². The molecule has 0 spiro atoms. The van der Waals surface area contributed by atoms with Crippen molar-refractivity contribution in [1.29, 1.82) is 0 Å². The smallest absolute Gasteiger partial charge is 0.268 e. The summed E-state index contributed by atoms with van der Waals surface area (Å²) in [5, 5.41) is 14.0. The standard InChI is InChI=1S/C80H145N2O6P/c1-6-8-10-12-14-16-18-20-22-24-26-28-30-32-34-36-38-39-40-41-42-43-44-46-48-50-52-54-56-58-60-62-64-66-68-70-72-74-80(84)81-78(77-88-89(85,86)87-76-75-82(3,4)5)79(83)73-71-69-67-65-63-61-59-57-55-53-51-49-47-45-37-35-33-31-29-27-25-23-21-19-17-15-13-11-9-7-2/h8,10,14,16,20,22,26,28,32,34,38-39,41-42,44,46,71,73,78-79,83H,6-7,9,11-13,15,17-19,21,23-25,27,29-31,33,35-37,40,43,45,47-70,72,74-77H2,1-5H3,(H-,81,84,85,86)/b10-8-,16-14-,22-20-,28-26-,34-32-,39-38-,42-41-,46-44-,73-71+. The number of quaternary nitrogens is 1. The zero-order valence-corrected chi connectivity index (χ0v) is 60.0. The van der Waals surface area contributed by atoms with Gasteiger partial charge < -0.3 is 28.8 Å². The van der Waals surface area contributed by atoms with Gasteiger partial charge in [0.1, 0.15) is 13.2 Å². The van der Waals surface area contributed by atoms with Crippen molar-refractivity contribution in [3.63, 3.8) is 0 Å². The summed E-state index contributed by atoms with van der Waals surface area (Å²) in [6.45, 7) is 4.57. The quantitative estimate of drug-likeness (QED) is 0.0272. The first-order valence-corrected chi connectivity index (χ1v) is 39.2. The molecule has 8 nitrogen and oxygen atoms in total. The van der Waals surface area contributed by atoms with Gasteiger partial charge in [0, 0.05) is 6.42 Å². The number of hydrogen-bond donors (Lipinski definition) is 2. The summed E-state index contributed by atoms with van der Waals surface area (Å²) in [5.74, 6) is -0.199. The summed E-state index contributed by atoms with van der Waals surface area (Å²) >= 11 is 0. The number of carbonyl (C=O) groups excluding carboxylic acids is 1. The fourth-order valence-corrected chi connectivity index (χ4v) is 11.7. The number of rotatable bonds is 69. The van der Waals surface area contributed by atoms with E-state index < -0.39 is 20.0 Å². The van der Waals surface area contributed by atoms with Crippen molar-refractivity contribution in [2.45, 2.75) is 353 Å². The third kappa shape index (κ3) is 72.4. The number of aliphatic hydroxyl groups excluding tert-OH is 1.